The van der Waals surface area contributed by atoms with E-state index in [4.69, 9.17) is 9.47 Å². The van der Waals surface area contributed by atoms with Crippen molar-refractivity contribution in [3.8, 4) is 17.6 Å². The van der Waals surface area contributed by atoms with Crippen molar-refractivity contribution in [3.63, 3.8) is 0 Å². The van der Waals surface area contributed by atoms with E-state index in [1.165, 1.54) is 0 Å². The minimum atomic E-state index is 0.435. The van der Waals surface area contributed by atoms with Crippen LogP contribution < -0.4 is 9.47 Å². The first-order chi connectivity index (χ1) is 15.2. The van der Waals surface area contributed by atoms with Gasteiger partial charge < -0.3 is 9.47 Å². The fourth-order valence-corrected chi connectivity index (χ4v) is 4.06. The summed E-state index contributed by atoms with van der Waals surface area (Å²) < 4.78 is 12.4. The van der Waals surface area contributed by atoms with Crippen molar-refractivity contribution in [3.05, 3.63) is 106 Å². The van der Waals surface area contributed by atoms with Crippen LogP contribution in [-0.4, -0.2) is 7.11 Å². The van der Waals surface area contributed by atoms with E-state index < -0.39 is 0 Å². The number of halogens is 1. The lowest BCUT2D eigenvalue weighted by molar-refractivity contribution is 0.282. The second kappa shape index (κ2) is 9.51. The summed E-state index contributed by atoms with van der Waals surface area (Å²) in [6.07, 6.45) is 1.87. The topological polar surface area (TPSA) is 42.2 Å². The molecule has 0 unspecified atom stereocenters. The van der Waals surface area contributed by atoms with Gasteiger partial charge in [0.05, 0.1) is 23.2 Å². The zero-order chi connectivity index (χ0) is 21.6. The molecule has 0 bridgehead atoms. The maximum Gasteiger partial charge on any atom is 0.175 e. The first kappa shape index (κ1) is 20.7. The van der Waals surface area contributed by atoms with Gasteiger partial charge in [0.1, 0.15) is 6.61 Å². The van der Waals surface area contributed by atoms with Crippen LogP contribution >= 0.6 is 15.9 Å². The summed E-state index contributed by atoms with van der Waals surface area (Å²) in [7, 11) is 1.61. The van der Waals surface area contributed by atoms with Gasteiger partial charge in [-0.3, -0.25) is 0 Å². The molecule has 0 heterocycles. The molecule has 0 atom stereocenters. The van der Waals surface area contributed by atoms with E-state index in [0.29, 0.717) is 23.7 Å². The van der Waals surface area contributed by atoms with Gasteiger partial charge in [-0.2, -0.15) is 5.26 Å². The molecule has 0 fully saturated rings. The second-order valence-electron chi connectivity index (χ2n) is 7.00. The summed E-state index contributed by atoms with van der Waals surface area (Å²) in [6.45, 7) is 0.435. The van der Waals surface area contributed by atoms with Crippen molar-refractivity contribution in [2.75, 3.05) is 7.11 Å². The van der Waals surface area contributed by atoms with Gasteiger partial charge in [0, 0.05) is 5.56 Å². The van der Waals surface area contributed by atoms with Crippen molar-refractivity contribution >= 4 is 38.4 Å². The molecule has 0 aliphatic heterocycles. The highest BCUT2D eigenvalue weighted by atomic mass is 79.9. The predicted octanol–water partition coefficient (Wildman–Crippen LogP) is 7.25. The van der Waals surface area contributed by atoms with E-state index in [1.807, 2.05) is 91.0 Å². The largest absolute Gasteiger partial charge is 0.493 e. The highest BCUT2D eigenvalue weighted by Crippen LogP contribution is 2.38. The van der Waals surface area contributed by atoms with Gasteiger partial charge in [-0.05, 0) is 56.0 Å². The molecule has 0 saturated carbocycles. The van der Waals surface area contributed by atoms with Gasteiger partial charge in [-0.25, -0.2) is 0 Å². The van der Waals surface area contributed by atoms with Crippen LogP contribution in [0.25, 0.3) is 22.4 Å². The molecule has 0 aromatic heterocycles. The Morgan fingerprint density at radius 3 is 2.48 bits per heavy atom. The molecule has 0 aliphatic rings. The Hall–Kier alpha value is -3.55. The third-order valence-electron chi connectivity index (χ3n) is 4.99. The lowest BCUT2D eigenvalue weighted by atomic mass is 9.97. The summed E-state index contributed by atoms with van der Waals surface area (Å²) in [5.74, 6) is 1.24. The standard InChI is InChI=1S/C27H20BrNO2/c1-30-26-16-20(15-25(28)27(26)31-18-19-8-3-2-4-9-19)14-22(17-29)24-13-7-11-21-10-5-6-12-23(21)24/h2-16H,18H2,1H3/b22-14-. The van der Waals surface area contributed by atoms with Crippen LogP contribution in [-0.2, 0) is 6.61 Å². The first-order valence-corrected chi connectivity index (χ1v) is 10.6. The lowest BCUT2D eigenvalue weighted by Gasteiger charge is -2.14. The van der Waals surface area contributed by atoms with Crippen LogP contribution in [0.1, 0.15) is 16.7 Å². The monoisotopic (exact) mass is 469 g/mol. The van der Waals surface area contributed by atoms with Crippen LogP contribution in [0.2, 0.25) is 0 Å². The average molecular weight is 470 g/mol. The fourth-order valence-electron chi connectivity index (χ4n) is 3.49. The predicted molar refractivity (Wildman–Crippen MR) is 129 cm³/mol. The third-order valence-corrected chi connectivity index (χ3v) is 5.58. The zero-order valence-corrected chi connectivity index (χ0v) is 18.6. The summed E-state index contributed by atoms with van der Waals surface area (Å²) in [6, 6.07) is 30.2. The van der Waals surface area contributed by atoms with E-state index in [2.05, 4.69) is 22.0 Å². The quantitative estimate of drug-likeness (QED) is 0.220. The molecule has 0 N–H and O–H groups in total. The molecular formula is C27H20BrNO2. The number of hydrogen-bond acceptors (Lipinski definition) is 3. The van der Waals surface area contributed by atoms with Gasteiger partial charge in [0.15, 0.2) is 11.5 Å². The molecule has 0 amide bonds. The van der Waals surface area contributed by atoms with Crippen LogP contribution in [0.5, 0.6) is 11.5 Å². The first-order valence-electron chi connectivity index (χ1n) is 9.84. The molecule has 0 radical (unpaired) electrons. The van der Waals surface area contributed by atoms with Crippen LogP contribution in [0.3, 0.4) is 0 Å². The minimum absolute atomic E-state index is 0.435. The number of ether oxygens (including phenoxy) is 2. The van der Waals surface area contributed by atoms with Crippen LogP contribution in [0.15, 0.2) is 89.4 Å². The van der Waals surface area contributed by atoms with Gasteiger partial charge in [0.2, 0.25) is 0 Å². The van der Waals surface area contributed by atoms with E-state index in [9.17, 15) is 5.26 Å². The molecule has 4 aromatic rings. The van der Waals surface area contributed by atoms with Gasteiger partial charge >= 0.3 is 0 Å². The van der Waals surface area contributed by atoms with Gasteiger partial charge in [-0.15, -0.1) is 0 Å². The SMILES string of the molecule is COc1cc(/C=C(/C#N)c2cccc3ccccc23)cc(Br)c1OCc1ccccc1. The number of methoxy groups -OCH3 is 1. The summed E-state index contributed by atoms with van der Waals surface area (Å²) >= 11 is 3.60. The number of rotatable bonds is 6. The van der Waals surface area contributed by atoms with Crippen LogP contribution in [0.4, 0.5) is 0 Å². The van der Waals surface area contributed by atoms with Gasteiger partial charge in [-0.1, -0.05) is 72.8 Å². The Morgan fingerprint density at radius 2 is 1.71 bits per heavy atom. The molecule has 0 aliphatic carbocycles. The maximum atomic E-state index is 9.87. The molecule has 152 valence electrons. The van der Waals surface area contributed by atoms with Crippen molar-refractivity contribution < 1.29 is 9.47 Å². The summed E-state index contributed by atoms with van der Waals surface area (Å²) in [4.78, 5) is 0. The third kappa shape index (κ3) is 4.63. The number of benzene rings is 4. The highest BCUT2D eigenvalue weighted by molar-refractivity contribution is 9.10. The van der Waals surface area contributed by atoms with E-state index >= 15 is 0 Å². The molecule has 4 heteroatoms. The van der Waals surface area contributed by atoms with E-state index in [-0.39, 0.29) is 0 Å². The number of nitrogens with zero attached hydrogens (tertiary/aromatic N) is 1. The Bertz CT molecular complexity index is 1280. The normalized spacial score (nSPS) is 11.2. The minimum Gasteiger partial charge on any atom is -0.493 e. The maximum absolute atomic E-state index is 9.87. The van der Waals surface area contributed by atoms with Crippen molar-refractivity contribution in [1.29, 1.82) is 5.26 Å². The lowest BCUT2D eigenvalue weighted by Crippen LogP contribution is -1.99. The van der Waals surface area contributed by atoms with Crippen molar-refractivity contribution in [2.24, 2.45) is 0 Å². The molecular weight excluding hydrogens is 450 g/mol. The van der Waals surface area contributed by atoms with E-state index in [0.717, 1.165) is 31.9 Å². The number of nitriles is 1. The Morgan fingerprint density at radius 1 is 0.968 bits per heavy atom. The highest BCUT2D eigenvalue weighted by Gasteiger charge is 2.13. The molecule has 4 rings (SSSR count). The zero-order valence-electron chi connectivity index (χ0n) is 17.0. The number of fused-ring (bicyclic) bond motifs is 1. The van der Waals surface area contributed by atoms with Crippen molar-refractivity contribution in [1.82, 2.24) is 0 Å². The smallest absolute Gasteiger partial charge is 0.175 e. The molecule has 4 aromatic carbocycles. The second-order valence-corrected chi connectivity index (χ2v) is 7.86. The number of hydrogen-bond donors (Lipinski definition) is 0. The average Bonchev–Trinajstić information content (AvgIpc) is 2.82. The Balaban J connectivity index is 1.69. The van der Waals surface area contributed by atoms with Crippen LogP contribution in [0, 0.1) is 11.3 Å². The molecule has 31 heavy (non-hydrogen) atoms. The molecule has 0 saturated heterocycles. The van der Waals surface area contributed by atoms with E-state index in [1.54, 1.807) is 7.11 Å². The molecule has 3 nitrogen and oxygen atoms in total. The Labute approximate surface area is 190 Å². The van der Waals surface area contributed by atoms with Crippen molar-refractivity contribution in [2.45, 2.75) is 6.61 Å². The number of allylic oxidation sites excluding steroid dienone is 1. The summed E-state index contributed by atoms with van der Waals surface area (Å²) in [5, 5.41) is 12.0. The fraction of sp³-hybridized carbons (Fsp3) is 0.0741. The summed E-state index contributed by atoms with van der Waals surface area (Å²) in [5.41, 5.74) is 3.41. The van der Waals surface area contributed by atoms with Gasteiger partial charge in [0.25, 0.3) is 0 Å². The Kier molecular flexibility index (Phi) is 6.35. The molecule has 0 spiro atoms.